The molecule has 1 aromatic carbocycles. The molecule has 3 aliphatic rings. The van der Waals surface area contributed by atoms with Gasteiger partial charge in [-0.3, -0.25) is 4.79 Å². The highest BCUT2D eigenvalue weighted by molar-refractivity contribution is 6.01. The van der Waals surface area contributed by atoms with Crippen LogP contribution in [0.4, 0.5) is 0 Å². The van der Waals surface area contributed by atoms with Gasteiger partial charge in [-0.15, -0.1) is 0 Å². The zero-order chi connectivity index (χ0) is 21.8. The molecule has 1 fully saturated rings. The van der Waals surface area contributed by atoms with E-state index in [9.17, 15) is 9.90 Å². The number of fused-ring (bicyclic) bond motifs is 5. The molecule has 5 rings (SSSR count). The molecule has 3 aliphatic carbocycles. The second-order valence-corrected chi connectivity index (χ2v) is 9.04. The minimum Gasteiger partial charge on any atom is -0.481 e. The van der Waals surface area contributed by atoms with E-state index < -0.39 is 5.60 Å². The van der Waals surface area contributed by atoms with E-state index in [4.69, 9.17) is 9.47 Å². The Hall–Kier alpha value is -2.73. The van der Waals surface area contributed by atoms with E-state index in [1.54, 1.807) is 6.08 Å². The summed E-state index contributed by atoms with van der Waals surface area (Å²) in [6.45, 7) is 2.03. The van der Waals surface area contributed by atoms with Gasteiger partial charge in [0.15, 0.2) is 5.78 Å². The maximum Gasteiger partial charge on any atom is 0.320 e. The minimum atomic E-state index is -1.31. The van der Waals surface area contributed by atoms with Crippen molar-refractivity contribution >= 4 is 11.4 Å². The Morgan fingerprint density at radius 1 is 1.03 bits per heavy atom. The summed E-state index contributed by atoms with van der Waals surface area (Å²) in [6, 6.07) is 8.10. The van der Waals surface area contributed by atoms with E-state index >= 15 is 0 Å². The Labute approximate surface area is 182 Å². The summed E-state index contributed by atoms with van der Waals surface area (Å²) < 4.78 is 10.9. The smallest absolute Gasteiger partial charge is 0.320 e. The summed E-state index contributed by atoms with van der Waals surface area (Å²) in [5.41, 5.74) is 2.57. The Balaban J connectivity index is 1.78. The molecule has 0 saturated heterocycles. The summed E-state index contributed by atoms with van der Waals surface area (Å²) in [7, 11) is 3.03. The van der Waals surface area contributed by atoms with Crippen LogP contribution in [0, 0.1) is 24.7 Å². The number of methoxy groups -OCH3 is 2. The van der Waals surface area contributed by atoms with Gasteiger partial charge in [-0.05, 0) is 55.2 Å². The van der Waals surface area contributed by atoms with Crippen LogP contribution in [0.1, 0.15) is 54.5 Å². The Bertz CT molecular complexity index is 1060. The molecule has 0 amide bonds. The Kier molecular flexibility index (Phi) is 4.85. The largest absolute Gasteiger partial charge is 0.481 e. The highest BCUT2D eigenvalue weighted by Crippen LogP contribution is 2.57. The highest BCUT2D eigenvalue weighted by atomic mass is 16.5. The average molecular weight is 421 g/mol. The predicted octanol–water partition coefficient (Wildman–Crippen LogP) is 3.83. The van der Waals surface area contributed by atoms with Crippen molar-refractivity contribution in [1.82, 2.24) is 9.97 Å². The van der Waals surface area contributed by atoms with Crippen LogP contribution in [0.5, 0.6) is 11.9 Å². The van der Waals surface area contributed by atoms with Crippen molar-refractivity contribution in [3.05, 3.63) is 52.7 Å². The van der Waals surface area contributed by atoms with Crippen molar-refractivity contribution in [3.8, 4) is 11.9 Å². The number of rotatable bonds is 3. The van der Waals surface area contributed by atoms with Crippen molar-refractivity contribution in [1.29, 1.82) is 0 Å². The topological polar surface area (TPSA) is 81.5 Å². The molecular formula is C25H28N2O4. The van der Waals surface area contributed by atoms with Gasteiger partial charge in [0.2, 0.25) is 5.88 Å². The maximum absolute atomic E-state index is 13.0. The molecule has 4 atom stereocenters. The lowest BCUT2D eigenvalue weighted by molar-refractivity contribution is -0.122. The van der Waals surface area contributed by atoms with Crippen LogP contribution in [0.15, 0.2) is 30.3 Å². The number of ether oxygens (including phenoxy) is 2. The molecule has 1 aromatic heterocycles. The molecule has 0 spiro atoms. The number of aliphatic hydroxyl groups is 1. The van der Waals surface area contributed by atoms with Gasteiger partial charge in [-0.1, -0.05) is 42.7 Å². The molecule has 0 aliphatic heterocycles. The summed E-state index contributed by atoms with van der Waals surface area (Å²) in [5, 5.41) is 12.2. The third-order valence-corrected chi connectivity index (χ3v) is 7.36. The fourth-order valence-corrected chi connectivity index (χ4v) is 5.85. The number of hydrogen-bond acceptors (Lipinski definition) is 6. The van der Waals surface area contributed by atoms with Gasteiger partial charge in [0, 0.05) is 5.92 Å². The molecule has 0 radical (unpaired) electrons. The first kappa shape index (κ1) is 20.2. The van der Waals surface area contributed by atoms with E-state index in [1.807, 2.05) is 31.2 Å². The normalized spacial score (nSPS) is 29.4. The standard InChI is InChI=1S/C25H28N2O4/c1-14-8-10-15(11-9-14)25(29)13-19-16-6-4-5-7-17(16)20(28)12-18(19)22-21(25)23(30-2)27-24(26-22)31-3/h8-12,16-17,19,29H,4-7,13H2,1-3H3/t16-,17-,19+,25-/m0/s1. The van der Waals surface area contributed by atoms with Gasteiger partial charge < -0.3 is 14.6 Å². The van der Waals surface area contributed by atoms with Gasteiger partial charge in [-0.25, -0.2) is 0 Å². The molecule has 0 unspecified atom stereocenters. The van der Waals surface area contributed by atoms with Gasteiger partial charge >= 0.3 is 6.01 Å². The number of carbonyl (C=O) groups excluding carboxylic acids is 1. The number of aromatic nitrogens is 2. The number of nitrogens with zero attached hydrogens (tertiary/aromatic N) is 2. The highest BCUT2D eigenvalue weighted by Gasteiger charge is 2.52. The summed E-state index contributed by atoms with van der Waals surface area (Å²) in [4.78, 5) is 22.0. The monoisotopic (exact) mass is 420 g/mol. The van der Waals surface area contributed by atoms with Gasteiger partial charge in [-0.2, -0.15) is 9.97 Å². The van der Waals surface area contributed by atoms with Crippen molar-refractivity contribution in [3.63, 3.8) is 0 Å². The molecule has 6 heteroatoms. The van der Waals surface area contributed by atoms with Crippen molar-refractivity contribution in [2.24, 2.45) is 17.8 Å². The summed E-state index contributed by atoms with van der Waals surface area (Å²) in [5.74, 6) is 0.767. The second kappa shape index (κ2) is 7.45. The van der Waals surface area contributed by atoms with Crippen LogP contribution in [-0.4, -0.2) is 35.1 Å². The number of aryl methyl sites for hydroxylation is 1. The van der Waals surface area contributed by atoms with Crippen LogP contribution in [0.3, 0.4) is 0 Å². The molecule has 1 heterocycles. The van der Waals surface area contributed by atoms with Crippen molar-refractivity contribution in [2.45, 2.75) is 44.6 Å². The minimum absolute atomic E-state index is 0.0388. The summed E-state index contributed by atoms with van der Waals surface area (Å²) >= 11 is 0. The quantitative estimate of drug-likeness (QED) is 0.813. The van der Waals surface area contributed by atoms with Crippen LogP contribution >= 0.6 is 0 Å². The van der Waals surface area contributed by atoms with Gasteiger partial charge in [0.25, 0.3) is 0 Å². The lowest BCUT2D eigenvalue weighted by Crippen LogP contribution is -2.44. The molecule has 2 aromatic rings. The molecule has 6 nitrogen and oxygen atoms in total. The van der Waals surface area contributed by atoms with Gasteiger partial charge in [0.1, 0.15) is 5.60 Å². The number of benzene rings is 1. The van der Waals surface area contributed by atoms with E-state index in [0.717, 1.165) is 42.4 Å². The lowest BCUT2D eigenvalue weighted by atomic mass is 9.58. The number of carbonyl (C=O) groups is 1. The van der Waals surface area contributed by atoms with E-state index in [-0.39, 0.29) is 35.4 Å². The lowest BCUT2D eigenvalue weighted by Gasteiger charge is -2.47. The summed E-state index contributed by atoms with van der Waals surface area (Å²) in [6.07, 6.45) is 6.37. The molecule has 0 bridgehead atoms. The van der Waals surface area contributed by atoms with Crippen molar-refractivity contribution < 1.29 is 19.4 Å². The zero-order valence-corrected chi connectivity index (χ0v) is 18.2. The molecule has 1 saturated carbocycles. The fraction of sp³-hybridized carbons (Fsp3) is 0.480. The van der Waals surface area contributed by atoms with Gasteiger partial charge in [0.05, 0.1) is 25.5 Å². The Morgan fingerprint density at radius 2 is 1.77 bits per heavy atom. The van der Waals surface area contributed by atoms with E-state index in [1.165, 1.54) is 14.2 Å². The first-order valence-electron chi connectivity index (χ1n) is 11.0. The molecule has 1 N–H and O–H groups in total. The van der Waals surface area contributed by atoms with Crippen LogP contribution in [0.25, 0.3) is 5.57 Å². The first-order valence-corrected chi connectivity index (χ1v) is 11.0. The number of allylic oxidation sites excluding steroid dienone is 2. The Morgan fingerprint density at radius 3 is 2.48 bits per heavy atom. The number of hydrogen-bond donors (Lipinski definition) is 1. The predicted molar refractivity (Wildman–Crippen MR) is 116 cm³/mol. The number of ketones is 1. The van der Waals surface area contributed by atoms with Crippen molar-refractivity contribution in [2.75, 3.05) is 14.2 Å². The van der Waals surface area contributed by atoms with E-state index in [0.29, 0.717) is 17.7 Å². The average Bonchev–Trinajstić information content (AvgIpc) is 2.80. The third-order valence-electron chi connectivity index (χ3n) is 7.36. The maximum atomic E-state index is 13.0. The first-order chi connectivity index (χ1) is 15.0. The SMILES string of the molecule is COc1nc(OC)c2c(n1)C1=CC(=O)[C@H]3CCCC[C@@H]3[C@H]1C[C@]2(O)c1ccc(C)cc1. The zero-order valence-electron chi connectivity index (χ0n) is 18.2. The molecular weight excluding hydrogens is 392 g/mol. The van der Waals surface area contributed by atoms with Crippen LogP contribution in [0.2, 0.25) is 0 Å². The fourth-order valence-electron chi connectivity index (χ4n) is 5.85. The van der Waals surface area contributed by atoms with Crippen LogP contribution < -0.4 is 9.47 Å². The van der Waals surface area contributed by atoms with Crippen LogP contribution in [-0.2, 0) is 10.4 Å². The molecule has 31 heavy (non-hydrogen) atoms. The van der Waals surface area contributed by atoms with E-state index in [2.05, 4.69) is 9.97 Å². The third kappa shape index (κ3) is 3.07. The molecule has 162 valence electrons. The second-order valence-electron chi connectivity index (χ2n) is 9.04.